The summed E-state index contributed by atoms with van der Waals surface area (Å²) in [5, 5.41) is 0. The van der Waals surface area contributed by atoms with Gasteiger partial charge in [-0.1, -0.05) is 18.1 Å². The molecule has 0 saturated carbocycles. The average molecular weight is 315 g/mol. The SMILES string of the molecule is Cc1ccc(OCCCN2CCCC[C@H]2C)c(C(F)(F)F)c1. The Balaban J connectivity index is 1.86. The molecule has 1 heterocycles. The third-order valence-corrected chi connectivity index (χ3v) is 4.23. The molecule has 0 N–H and O–H groups in total. The van der Waals surface area contributed by atoms with E-state index < -0.39 is 11.7 Å². The number of ether oxygens (including phenoxy) is 1. The first-order chi connectivity index (χ1) is 10.4. The second kappa shape index (κ2) is 7.36. The quantitative estimate of drug-likeness (QED) is 0.733. The molecule has 1 aromatic carbocycles. The van der Waals surface area contributed by atoms with E-state index in [1.54, 1.807) is 13.0 Å². The van der Waals surface area contributed by atoms with Gasteiger partial charge in [0.25, 0.3) is 0 Å². The van der Waals surface area contributed by atoms with Crippen molar-refractivity contribution in [1.29, 1.82) is 0 Å². The van der Waals surface area contributed by atoms with E-state index in [2.05, 4.69) is 11.8 Å². The molecule has 124 valence electrons. The summed E-state index contributed by atoms with van der Waals surface area (Å²) < 4.78 is 44.4. The number of piperidine rings is 1. The smallest absolute Gasteiger partial charge is 0.419 e. The van der Waals surface area contributed by atoms with Gasteiger partial charge in [-0.05, 0) is 51.8 Å². The molecule has 0 amide bonds. The minimum atomic E-state index is -4.37. The summed E-state index contributed by atoms with van der Waals surface area (Å²) in [6.07, 6.45) is 0.0587. The fourth-order valence-corrected chi connectivity index (χ4v) is 2.93. The molecule has 1 fully saturated rings. The van der Waals surface area contributed by atoms with Crippen molar-refractivity contribution in [1.82, 2.24) is 4.90 Å². The minimum Gasteiger partial charge on any atom is -0.493 e. The Kier molecular flexibility index (Phi) is 5.73. The molecule has 1 aliphatic rings. The number of nitrogens with zero attached hydrogens (tertiary/aromatic N) is 1. The van der Waals surface area contributed by atoms with Crippen molar-refractivity contribution in [3.8, 4) is 5.75 Å². The van der Waals surface area contributed by atoms with Crippen LogP contribution in [0.15, 0.2) is 18.2 Å². The van der Waals surface area contributed by atoms with Gasteiger partial charge in [-0.3, -0.25) is 0 Å². The van der Waals surface area contributed by atoms with Crippen LogP contribution in [0.1, 0.15) is 43.7 Å². The zero-order chi connectivity index (χ0) is 16.2. The lowest BCUT2D eigenvalue weighted by Gasteiger charge is -2.33. The molecule has 0 bridgehead atoms. The highest BCUT2D eigenvalue weighted by Gasteiger charge is 2.34. The summed E-state index contributed by atoms with van der Waals surface area (Å²) >= 11 is 0. The van der Waals surface area contributed by atoms with Crippen molar-refractivity contribution < 1.29 is 17.9 Å². The van der Waals surface area contributed by atoms with E-state index in [9.17, 15) is 13.2 Å². The maximum Gasteiger partial charge on any atom is 0.419 e. The molecule has 1 atom stereocenters. The van der Waals surface area contributed by atoms with Crippen LogP contribution in [0.5, 0.6) is 5.75 Å². The van der Waals surface area contributed by atoms with Crippen molar-refractivity contribution in [2.45, 2.75) is 51.7 Å². The first-order valence-corrected chi connectivity index (χ1v) is 7.92. The average Bonchev–Trinajstić information content (AvgIpc) is 2.45. The largest absolute Gasteiger partial charge is 0.493 e. The highest BCUT2D eigenvalue weighted by atomic mass is 19.4. The van der Waals surface area contributed by atoms with Crippen LogP contribution in [0.3, 0.4) is 0 Å². The van der Waals surface area contributed by atoms with Gasteiger partial charge < -0.3 is 9.64 Å². The fourth-order valence-electron chi connectivity index (χ4n) is 2.93. The lowest BCUT2D eigenvalue weighted by atomic mass is 10.0. The molecule has 0 aromatic heterocycles. The van der Waals surface area contributed by atoms with Gasteiger partial charge in [0.2, 0.25) is 0 Å². The van der Waals surface area contributed by atoms with Gasteiger partial charge in [-0.15, -0.1) is 0 Å². The van der Waals surface area contributed by atoms with Gasteiger partial charge in [-0.2, -0.15) is 13.2 Å². The Morgan fingerprint density at radius 1 is 1.27 bits per heavy atom. The summed E-state index contributed by atoms with van der Waals surface area (Å²) in [5.74, 6) is -0.0650. The number of aryl methyl sites for hydroxylation is 1. The van der Waals surface area contributed by atoms with Crippen LogP contribution in [0.4, 0.5) is 13.2 Å². The molecule has 0 unspecified atom stereocenters. The second-order valence-corrected chi connectivity index (χ2v) is 6.08. The van der Waals surface area contributed by atoms with E-state index in [-0.39, 0.29) is 5.75 Å². The topological polar surface area (TPSA) is 12.5 Å². The predicted molar refractivity (Wildman–Crippen MR) is 81.2 cm³/mol. The Morgan fingerprint density at radius 3 is 2.73 bits per heavy atom. The molecule has 0 aliphatic carbocycles. The second-order valence-electron chi connectivity index (χ2n) is 6.08. The fraction of sp³-hybridized carbons (Fsp3) is 0.647. The first kappa shape index (κ1) is 17.1. The van der Waals surface area contributed by atoms with E-state index >= 15 is 0 Å². The molecule has 2 rings (SSSR count). The summed E-state index contributed by atoms with van der Waals surface area (Å²) in [6, 6.07) is 4.78. The number of rotatable bonds is 5. The van der Waals surface area contributed by atoms with Crippen molar-refractivity contribution in [3.63, 3.8) is 0 Å². The molecular weight excluding hydrogens is 291 g/mol. The van der Waals surface area contributed by atoms with Crippen LogP contribution < -0.4 is 4.74 Å². The molecular formula is C17H24F3NO. The van der Waals surface area contributed by atoms with E-state index in [4.69, 9.17) is 4.74 Å². The van der Waals surface area contributed by atoms with Crippen LogP contribution in [-0.2, 0) is 6.18 Å². The number of hydrogen-bond acceptors (Lipinski definition) is 2. The highest BCUT2D eigenvalue weighted by Crippen LogP contribution is 2.36. The summed E-state index contributed by atoms with van der Waals surface area (Å²) in [5.41, 5.74) is -0.0966. The normalized spacial score (nSPS) is 20.1. The van der Waals surface area contributed by atoms with E-state index in [1.165, 1.54) is 25.3 Å². The molecule has 1 aliphatic heterocycles. The van der Waals surface area contributed by atoms with Crippen LogP contribution >= 0.6 is 0 Å². The zero-order valence-electron chi connectivity index (χ0n) is 13.2. The van der Waals surface area contributed by atoms with Gasteiger partial charge in [0, 0.05) is 12.6 Å². The third kappa shape index (κ3) is 4.63. The Morgan fingerprint density at radius 2 is 2.05 bits per heavy atom. The van der Waals surface area contributed by atoms with Crippen molar-refractivity contribution in [3.05, 3.63) is 29.3 Å². The third-order valence-electron chi connectivity index (χ3n) is 4.23. The molecule has 2 nitrogen and oxygen atoms in total. The molecule has 1 aromatic rings. The number of hydrogen-bond donors (Lipinski definition) is 0. The lowest BCUT2D eigenvalue weighted by molar-refractivity contribution is -0.139. The lowest BCUT2D eigenvalue weighted by Crippen LogP contribution is -2.38. The maximum atomic E-state index is 13.0. The van der Waals surface area contributed by atoms with E-state index in [0.717, 1.165) is 25.6 Å². The van der Waals surface area contributed by atoms with Crippen LogP contribution in [0.2, 0.25) is 0 Å². The van der Waals surface area contributed by atoms with Crippen molar-refractivity contribution in [2.75, 3.05) is 19.7 Å². The van der Waals surface area contributed by atoms with Crippen LogP contribution in [0.25, 0.3) is 0 Å². The predicted octanol–water partition coefficient (Wildman–Crippen LogP) is 4.66. The van der Waals surface area contributed by atoms with Gasteiger partial charge in [0.05, 0.1) is 12.2 Å². The molecule has 5 heteroatoms. The van der Waals surface area contributed by atoms with Gasteiger partial charge in [0.15, 0.2) is 0 Å². The van der Waals surface area contributed by atoms with Gasteiger partial charge >= 0.3 is 6.18 Å². The zero-order valence-corrected chi connectivity index (χ0v) is 13.2. The van der Waals surface area contributed by atoms with E-state index in [0.29, 0.717) is 18.2 Å². The van der Waals surface area contributed by atoms with Crippen LogP contribution in [0, 0.1) is 6.92 Å². The Labute approximate surface area is 130 Å². The maximum absolute atomic E-state index is 13.0. The molecule has 22 heavy (non-hydrogen) atoms. The standard InChI is InChI=1S/C17H24F3NO/c1-13-7-8-16(15(12-13)17(18,19)20)22-11-5-10-21-9-4-3-6-14(21)2/h7-8,12,14H,3-6,9-11H2,1-2H3/t14-/m1/s1. The molecule has 0 spiro atoms. The van der Waals surface area contributed by atoms with Crippen molar-refractivity contribution >= 4 is 0 Å². The van der Waals surface area contributed by atoms with Crippen LogP contribution in [-0.4, -0.2) is 30.6 Å². The number of halogens is 3. The van der Waals surface area contributed by atoms with Gasteiger partial charge in [-0.25, -0.2) is 0 Å². The highest BCUT2D eigenvalue weighted by molar-refractivity contribution is 5.38. The molecule has 0 radical (unpaired) electrons. The monoisotopic (exact) mass is 315 g/mol. The summed E-state index contributed by atoms with van der Waals surface area (Å²) in [7, 11) is 0. The van der Waals surface area contributed by atoms with Crippen molar-refractivity contribution in [2.24, 2.45) is 0 Å². The van der Waals surface area contributed by atoms with E-state index in [1.807, 2.05) is 0 Å². The summed E-state index contributed by atoms with van der Waals surface area (Å²) in [4.78, 5) is 2.40. The molecule has 1 saturated heterocycles. The Hall–Kier alpha value is -1.23. The first-order valence-electron chi connectivity index (χ1n) is 7.92. The minimum absolute atomic E-state index is 0.0650. The number of alkyl halides is 3. The van der Waals surface area contributed by atoms with Gasteiger partial charge in [0.1, 0.15) is 5.75 Å². The number of likely N-dealkylation sites (tertiary alicyclic amines) is 1. The summed E-state index contributed by atoms with van der Waals surface area (Å²) in [6.45, 7) is 6.14. The number of benzene rings is 1. The Bertz CT molecular complexity index is 487.